The van der Waals surface area contributed by atoms with Crippen LogP contribution in [0.2, 0.25) is 0 Å². The van der Waals surface area contributed by atoms with E-state index in [0.717, 1.165) is 22.5 Å². The number of hydrogen-bond donors (Lipinski definition) is 0. The van der Waals surface area contributed by atoms with E-state index < -0.39 is 0 Å². The fraction of sp³-hybridized carbons (Fsp3) is 0.0377. The third kappa shape index (κ3) is 4.82. The molecule has 1 aromatic heterocycles. The first kappa shape index (κ1) is 30.8. The topological polar surface area (TPSA) is 12.9 Å². The molecule has 9 aromatic rings. The molecule has 1 heteroatoms. The second kappa shape index (κ2) is 12.4. The maximum absolute atomic E-state index is 5.32. The summed E-state index contributed by atoms with van der Waals surface area (Å²) in [4.78, 5) is 5.32. The molecular weight excluding hydrogens is 651 g/mol. The van der Waals surface area contributed by atoms with E-state index in [1.165, 1.54) is 77.5 Å². The van der Waals surface area contributed by atoms with Gasteiger partial charge in [0.25, 0.3) is 0 Å². The Bertz CT molecular complexity index is 2810. The molecule has 8 aromatic carbocycles. The predicted molar refractivity (Wildman–Crippen MR) is 224 cm³/mol. The number of pyridine rings is 1. The van der Waals surface area contributed by atoms with Gasteiger partial charge >= 0.3 is 0 Å². The SMILES string of the molecule is c1ccc(-c2cc(C3c4ccccc4-c4c(-c5ccc6ccccc6c5)cc5c(c43)C(c3ccccc3)c3ccccc3-5)cc(-c3ccccc3)n2)cc1. The largest absolute Gasteiger partial charge is 0.248 e. The molecule has 2 unspecified atom stereocenters. The summed E-state index contributed by atoms with van der Waals surface area (Å²) in [5, 5.41) is 2.51. The van der Waals surface area contributed by atoms with Crippen LogP contribution in [-0.2, 0) is 0 Å². The van der Waals surface area contributed by atoms with Gasteiger partial charge in [0.2, 0.25) is 0 Å². The van der Waals surface area contributed by atoms with Crippen LogP contribution in [-0.4, -0.2) is 4.98 Å². The smallest absolute Gasteiger partial charge is 0.0712 e. The Morgan fingerprint density at radius 1 is 0.315 bits per heavy atom. The van der Waals surface area contributed by atoms with Crippen molar-refractivity contribution in [3.8, 4) is 55.9 Å². The van der Waals surface area contributed by atoms with Gasteiger partial charge in [-0.2, -0.15) is 0 Å². The van der Waals surface area contributed by atoms with Gasteiger partial charge in [-0.1, -0.05) is 176 Å². The standard InChI is InChI=1S/C53H35N/c1-4-17-35(18-5-1)47-31-40(32-48(54-47)36-19-6-2-7-20-36)50-43-26-14-15-27-44(43)51-45(39-29-28-34-16-10-11-23-38(34)30-39)33-46-41-24-12-13-25-42(41)49(52(46)53(50)51)37-21-8-3-9-22-37/h1-33,49-50H. The molecule has 0 spiro atoms. The summed E-state index contributed by atoms with van der Waals surface area (Å²) in [7, 11) is 0. The minimum absolute atomic E-state index is 0.00111. The molecule has 2 aliphatic carbocycles. The number of hydrogen-bond acceptors (Lipinski definition) is 1. The molecule has 54 heavy (non-hydrogen) atoms. The molecule has 0 radical (unpaired) electrons. The summed E-state index contributed by atoms with van der Waals surface area (Å²) >= 11 is 0. The zero-order valence-corrected chi connectivity index (χ0v) is 29.7. The lowest BCUT2D eigenvalue weighted by Gasteiger charge is -2.25. The van der Waals surface area contributed by atoms with Gasteiger partial charge in [0, 0.05) is 23.0 Å². The van der Waals surface area contributed by atoms with Crippen molar-refractivity contribution in [2.24, 2.45) is 0 Å². The van der Waals surface area contributed by atoms with Crippen molar-refractivity contribution < 1.29 is 0 Å². The van der Waals surface area contributed by atoms with Gasteiger partial charge in [-0.15, -0.1) is 0 Å². The van der Waals surface area contributed by atoms with Crippen molar-refractivity contribution >= 4 is 10.8 Å². The zero-order chi connectivity index (χ0) is 35.6. The highest BCUT2D eigenvalue weighted by atomic mass is 14.7. The van der Waals surface area contributed by atoms with Crippen LogP contribution in [0.5, 0.6) is 0 Å². The Balaban J connectivity index is 1.26. The van der Waals surface area contributed by atoms with E-state index in [2.05, 4.69) is 200 Å². The summed E-state index contributed by atoms with van der Waals surface area (Å²) < 4.78 is 0. The monoisotopic (exact) mass is 685 g/mol. The molecule has 252 valence electrons. The first-order valence-electron chi connectivity index (χ1n) is 18.9. The van der Waals surface area contributed by atoms with E-state index in [-0.39, 0.29) is 11.8 Å². The third-order valence-electron chi connectivity index (χ3n) is 11.6. The Morgan fingerprint density at radius 3 is 1.54 bits per heavy atom. The number of rotatable bonds is 5. The maximum atomic E-state index is 5.32. The van der Waals surface area contributed by atoms with Gasteiger partial charge in [0.05, 0.1) is 11.4 Å². The van der Waals surface area contributed by atoms with Crippen LogP contribution in [0.25, 0.3) is 66.7 Å². The molecule has 0 fully saturated rings. The minimum Gasteiger partial charge on any atom is -0.248 e. The third-order valence-corrected chi connectivity index (χ3v) is 11.6. The molecular formula is C53H35N. The van der Waals surface area contributed by atoms with Crippen molar-refractivity contribution in [2.75, 3.05) is 0 Å². The van der Waals surface area contributed by atoms with Gasteiger partial charge in [0.15, 0.2) is 0 Å². The Labute approximate surface area is 315 Å². The molecule has 0 saturated carbocycles. The fourth-order valence-electron chi connectivity index (χ4n) is 9.28. The molecule has 1 heterocycles. The average molecular weight is 686 g/mol. The summed E-state index contributed by atoms with van der Waals surface area (Å²) in [5.41, 5.74) is 20.2. The van der Waals surface area contributed by atoms with Crippen LogP contribution in [0.3, 0.4) is 0 Å². The van der Waals surface area contributed by atoms with Crippen LogP contribution < -0.4 is 0 Å². The Morgan fingerprint density at radius 2 is 0.852 bits per heavy atom. The van der Waals surface area contributed by atoms with Gasteiger partial charge in [-0.05, 0) is 102 Å². The van der Waals surface area contributed by atoms with Crippen LogP contribution in [0.4, 0.5) is 0 Å². The van der Waals surface area contributed by atoms with Crippen molar-refractivity contribution in [2.45, 2.75) is 11.8 Å². The normalized spacial score (nSPS) is 15.0. The second-order valence-electron chi connectivity index (χ2n) is 14.6. The number of fused-ring (bicyclic) bond motifs is 8. The first-order chi connectivity index (χ1) is 26.8. The molecule has 1 nitrogen and oxygen atoms in total. The fourth-order valence-corrected chi connectivity index (χ4v) is 9.28. The quantitative estimate of drug-likeness (QED) is 0.176. The molecule has 0 amide bonds. The molecule has 2 aliphatic rings. The van der Waals surface area contributed by atoms with Crippen LogP contribution in [0.1, 0.15) is 45.2 Å². The highest BCUT2D eigenvalue weighted by Gasteiger charge is 2.41. The molecule has 0 N–H and O–H groups in total. The second-order valence-corrected chi connectivity index (χ2v) is 14.6. The van der Waals surface area contributed by atoms with E-state index >= 15 is 0 Å². The summed E-state index contributed by atoms with van der Waals surface area (Å²) in [6, 6.07) is 73.6. The van der Waals surface area contributed by atoms with Crippen molar-refractivity contribution in [3.63, 3.8) is 0 Å². The molecule has 0 bridgehead atoms. The lowest BCUT2D eigenvalue weighted by atomic mass is 9.78. The van der Waals surface area contributed by atoms with Gasteiger partial charge < -0.3 is 0 Å². The van der Waals surface area contributed by atoms with E-state index in [4.69, 9.17) is 4.98 Å². The predicted octanol–water partition coefficient (Wildman–Crippen LogP) is 13.6. The molecule has 2 atom stereocenters. The lowest BCUT2D eigenvalue weighted by Crippen LogP contribution is -2.08. The summed E-state index contributed by atoms with van der Waals surface area (Å²) in [6.07, 6.45) is 0. The van der Waals surface area contributed by atoms with Crippen LogP contribution in [0.15, 0.2) is 200 Å². The average Bonchev–Trinajstić information content (AvgIpc) is 3.77. The minimum atomic E-state index is -0.00111. The van der Waals surface area contributed by atoms with Crippen molar-refractivity contribution in [3.05, 3.63) is 234 Å². The van der Waals surface area contributed by atoms with E-state index in [0.29, 0.717) is 0 Å². The van der Waals surface area contributed by atoms with E-state index in [9.17, 15) is 0 Å². The number of nitrogens with zero attached hydrogens (tertiary/aromatic N) is 1. The maximum Gasteiger partial charge on any atom is 0.0712 e. The van der Waals surface area contributed by atoms with Gasteiger partial charge in [0.1, 0.15) is 0 Å². The van der Waals surface area contributed by atoms with Crippen LogP contribution >= 0.6 is 0 Å². The Kier molecular flexibility index (Phi) is 7.06. The first-order valence-corrected chi connectivity index (χ1v) is 18.9. The molecule has 0 saturated heterocycles. The van der Waals surface area contributed by atoms with Crippen molar-refractivity contribution in [1.82, 2.24) is 4.98 Å². The highest BCUT2D eigenvalue weighted by Crippen LogP contribution is 2.61. The Hall–Kier alpha value is -6.83. The highest BCUT2D eigenvalue weighted by molar-refractivity contribution is 6.01. The van der Waals surface area contributed by atoms with Gasteiger partial charge in [-0.3, -0.25) is 0 Å². The number of benzene rings is 8. The van der Waals surface area contributed by atoms with Crippen LogP contribution in [0, 0.1) is 0 Å². The van der Waals surface area contributed by atoms with Crippen molar-refractivity contribution in [1.29, 1.82) is 0 Å². The van der Waals surface area contributed by atoms with Gasteiger partial charge in [-0.25, -0.2) is 4.98 Å². The molecule has 11 rings (SSSR count). The number of aromatic nitrogens is 1. The molecule has 0 aliphatic heterocycles. The zero-order valence-electron chi connectivity index (χ0n) is 29.7. The van der Waals surface area contributed by atoms with E-state index in [1.807, 2.05) is 0 Å². The lowest BCUT2D eigenvalue weighted by molar-refractivity contribution is 0.936. The summed E-state index contributed by atoms with van der Waals surface area (Å²) in [5.74, 6) is 0.108. The summed E-state index contributed by atoms with van der Waals surface area (Å²) in [6.45, 7) is 0. The van der Waals surface area contributed by atoms with E-state index in [1.54, 1.807) is 0 Å².